The number of aliphatic hydroxyl groups is 2. The van der Waals surface area contributed by atoms with Crippen molar-refractivity contribution in [2.75, 3.05) is 32.8 Å². The lowest BCUT2D eigenvalue weighted by atomic mass is 10.1. The van der Waals surface area contributed by atoms with E-state index in [9.17, 15) is 10.2 Å². The SMILES string of the molecule is CC(C)CCOCCN1CC(O)C(O)C1. The molecule has 1 aliphatic heterocycles. The van der Waals surface area contributed by atoms with Gasteiger partial charge >= 0.3 is 0 Å². The summed E-state index contributed by atoms with van der Waals surface area (Å²) in [5, 5.41) is 18.6. The topological polar surface area (TPSA) is 52.9 Å². The molecule has 1 fully saturated rings. The molecule has 1 heterocycles. The van der Waals surface area contributed by atoms with Crippen molar-refractivity contribution in [1.29, 1.82) is 0 Å². The lowest BCUT2D eigenvalue weighted by Crippen LogP contribution is -2.26. The Bertz CT molecular complexity index is 165. The summed E-state index contributed by atoms with van der Waals surface area (Å²) in [7, 11) is 0. The van der Waals surface area contributed by atoms with Crippen LogP contribution in [0.25, 0.3) is 0 Å². The maximum absolute atomic E-state index is 9.31. The van der Waals surface area contributed by atoms with Gasteiger partial charge in [-0.2, -0.15) is 0 Å². The standard InChI is InChI=1S/C11H23NO3/c1-9(2)3-5-15-6-4-12-7-10(13)11(14)8-12/h9-11,13-14H,3-8H2,1-2H3. The third-order valence-electron chi connectivity index (χ3n) is 2.73. The van der Waals surface area contributed by atoms with E-state index in [2.05, 4.69) is 13.8 Å². The molecule has 0 radical (unpaired) electrons. The molecule has 4 nitrogen and oxygen atoms in total. The first-order chi connectivity index (χ1) is 7.09. The van der Waals surface area contributed by atoms with Crippen LogP contribution in [0, 0.1) is 5.92 Å². The molecule has 1 aliphatic rings. The Kier molecular flexibility index (Phi) is 5.53. The molecule has 0 bridgehead atoms. The summed E-state index contributed by atoms with van der Waals surface area (Å²) in [6.07, 6.45) is -0.0769. The van der Waals surface area contributed by atoms with Crippen molar-refractivity contribution >= 4 is 0 Å². The summed E-state index contributed by atoms with van der Waals surface area (Å²) in [4.78, 5) is 2.03. The van der Waals surface area contributed by atoms with Crippen molar-refractivity contribution in [3.05, 3.63) is 0 Å². The van der Waals surface area contributed by atoms with Crippen molar-refractivity contribution in [2.45, 2.75) is 32.5 Å². The van der Waals surface area contributed by atoms with Gasteiger partial charge in [-0.15, -0.1) is 0 Å². The highest BCUT2D eigenvalue weighted by atomic mass is 16.5. The highest BCUT2D eigenvalue weighted by molar-refractivity contribution is 4.82. The maximum atomic E-state index is 9.31. The summed E-state index contributed by atoms with van der Waals surface area (Å²) in [5.74, 6) is 0.681. The van der Waals surface area contributed by atoms with E-state index in [1.54, 1.807) is 0 Å². The van der Waals surface area contributed by atoms with Gasteiger partial charge in [0.05, 0.1) is 18.8 Å². The van der Waals surface area contributed by atoms with Gasteiger partial charge in [0, 0.05) is 26.2 Å². The summed E-state index contributed by atoms with van der Waals surface area (Å²) in [6, 6.07) is 0. The minimum absolute atomic E-state index is 0.564. The van der Waals surface area contributed by atoms with Crippen LogP contribution in [0.4, 0.5) is 0 Å². The van der Waals surface area contributed by atoms with Gasteiger partial charge in [0.25, 0.3) is 0 Å². The zero-order valence-corrected chi connectivity index (χ0v) is 9.72. The Morgan fingerprint density at radius 3 is 2.33 bits per heavy atom. The van der Waals surface area contributed by atoms with Crippen molar-refractivity contribution in [1.82, 2.24) is 4.90 Å². The van der Waals surface area contributed by atoms with Crippen LogP contribution >= 0.6 is 0 Å². The van der Waals surface area contributed by atoms with E-state index in [0.29, 0.717) is 25.6 Å². The smallest absolute Gasteiger partial charge is 0.0938 e. The lowest BCUT2D eigenvalue weighted by Gasteiger charge is -2.14. The molecule has 2 N–H and O–H groups in total. The van der Waals surface area contributed by atoms with Crippen LogP contribution in [0.3, 0.4) is 0 Å². The first kappa shape index (κ1) is 12.9. The summed E-state index contributed by atoms with van der Waals surface area (Å²) in [6.45, 7) is 7.77. The van der Waals surface area contributed by atoms with E-state index in [1.807, 2.05) is 4.90 Å². The van der Waals surface area contributed by atoms with Gasteiger partial charge in [-0.05, 0) is 12.3 Å². The zero-order chi connectivity index (χ0) is 11.3. The number of hydrogen-bond donors (Lipinski definition) is 2. The van der Waals surface area contributed by atoms with Crippen molar-refractivity contribution in [2.24, 2.45) is 5.92 Å². The number of β-amino-alcohol motifs (C(OH)–C–C–N with tert-alkyl or cyclic N) is 2. The molecule has 2 atom stereocenters. The zero-order valence-electron chi connectivity index (χ0n) is 9.72. The normalized spacial score (nSPS) is 27.8. The number of rotatable bonds is 6. The van der Waals surface area contributed by atoms with Crippen molar-refractivity contribution < 1.29 is 14.9 Å². The van der Waals surface area contributed by atoms with Crippen LogP contribution in [-0.4, -0.2) is 60.2 Å². The van der Waals surface area contributed by atoms with Gasteiger partial charge in [-0.25, -0.2) is 0 Å². The van der Waals surface area contributed by atoms with Gasteiger partial charge in [0.15, 0.2) is 0 Å². The number of hydrogen-bond acceptors (Lipinski definition) is 4. The Balaban J connectivity index is 1.97. The fraction of sp³-hybridized carbons (Fsp3) is 1.00. The van der Waals surface area contributed by atoms with Crippen LogP contribution in [0.5, 0.6) is 0 Å². The second-order valence-corrected chi connectivity index (χ2v) is 4.69. The monoisotopic (exact) mass is 217 g/mol. The van der Waals surface area contributed by atoms with Crippen LogP contribution < -0.4 is 0 Å². The van der Waals surface area contributed by atoms with Gasteiger partial charge in [0.2, 0.25) is 0 Å². The van der Waals surface area contributed by atoms with Crippen LogP contribution in [0.15, 0.2) is 0 Å². The second-order valence-electron chi connectivity index (χ2n) is 4.69. The fourth-order valence-corrected chi connectivity index (χ4v) is 1.64. The van der Waals surface area contributed by atoms with Crippen LogP contribution in [-0.2, 0) is 4.74 Å². The molecule has 90 valence electrons. The van der Waals surface area contributed by atoms with Gasteiger partial charge in [0.1, 0.15) is 0 Å². The highest BCUT2D eigenvalue weighted by Gasteiger charge is 2.28. The molecule has 15 heavy (non-hydrogen) atoms. The third kappa shape index (κ3) is 4.93. The predicted molar refractivity (Wildman–Crippen MR) is 58.7 cm³/mol. The molecule has 0 aromatic carbocycles. The van der Waals surface area contributed by atoms with Crippen LogP contribution in [0.1, 0.15) is 20.3 Å². The van der Waals surface area contributed by atoms with Crippen molar-refractivity contribution in [3.8, 4) is 0 Å². The van der Waals surface area contributed by atoms with E-state index in [-0.39, 0.29) is 0 Å². The minimum Gasteiger partial charge on any atom is -0.389 e. The van der Waals surface area contributed by atoms with Gasteiger partial charge < -0.3 is 14.9 Å². The Morgan fingerprint density at radius 2 is 1.80 bits per heavy atom. The molecule has 0 amide bonds. The molecular formula is C11H23NO3. The van der Waals surface area contributed by atoms with E-state index in [4.69, 9.17) is 4.74 Å². The van der Waals surface area contributed by atoms with E-state index < -0.39 is 12.2 Å². The lowest BCUT2D eigenvalue weighted by molar-refractivity contribution is 0.0572. The summed E-state index contributed by atoms with van der Waals surface area (Å²) >= 11 is 0. The van der Waals surface area contributed by atoms with E-state index in [0.717, 1.165) is 19.6 Å². The third-order valence-corrected chi connectivity index (χ3v) is 2.73. The molecule has 4 heteroatoms. The number of likely N-dealkylation sites (tertiary alicyclic amines) is 1. The molecule has 0 saturated carbocycles. The minimum atomic E-state index is -0.583. The molecule has 0 aromatic rings. The first-order valence-electron chi connectivity index (χ1n) is 5.76. The molecule has 1 saturated heterocycles. The Morgan fingerprint density at radius 1 is 1.20 bits per heavy atom. The van der Waals surface area contributed by atoms with Gasteiger partial charge in [-0.1, -0.05) is 13.8 Å². The fourth-order valence-electron chi connectivity index (χ4n) is 1.64. The molecule has 2 unspecified atom stereocenters. The van der Waals surface area contributed by atoms with E-state index >= 15 is 0 Å². The average molecular weight is 217 g/mol. The first-order valence-corrected chi connectivity index (χ1v) is 5.76. The largest absolute Gasteiger partial charge is 0.389 e. The predicted octanol–water partition coefficient (Wildman–Crippen LogP) is 0.0865. The Hall–Kier alpha value is -0.160. The molecule has 0 aromatic heterocycles. The maximum Gasteiger partial charge on any atom is 0.0938 e. The number of ether oxygens (including phenoxy) is 1. The van der Waals surface area contributed by atoms with E-state index in [1.165, 1.54) is 0 Å². The van der Waals surface area contributed by atoms with Crippen molar-refractivity contribution in [3.63, 3.8) is 0 Å². The number of aliphatic hydroxyl groups excluding tert-OH is 2. The molecule has 0 spiro atoms. The molecule has 0 aliphatic carbocycles. The second kappa shape index (κ2) is 6.43. The quantitative estimate of drug-likeness (QED) is 0.619. The van der Waals surface area contributed by atoms with Crippen LogP contribution in [0.2, 0.25) is 0 Å². The van der Waals surface area contributed by atoms with Gasteiger partial charge in [-0.3, -0.25) is 4.90 Å². The summed E-state index contributed by atoms with van der Waals surface area (Å²) in [5.41, 5.74) is 0. The molecule has 1 rings (SSSR count). The highest BCUT2D eigenvalue weighted by Crippen LogP contribution is 2.09. The average Bonchev–Trinajstić information content (AvgIpc) is 2.45. The summed E-state index contributed by atoms with van der Waals surface area (Å²) < 4.78 is 5.47. The number of nitrogens with zero attached hydrogens (tertiary/aromatic N) is 1. The Labute approximate surface area is 91.8 Å². The molecular weight excluding hydrogens is 194 g/mol.